The number of imide groups is 1. The number of aliphatic hydroxyl groups excluding tert-OH is 1. The van der Waals surface area contributed by atoms with Crippen molar-refractivity contribution in [3.63, 3.8) is 0 Å². The molecule has 5 aromatic rings. The lowest BCUT2D eigenvalue weighted by atomic mass is 9.92. The number of benzene rings is 1. The lowest BCUT2D eigenvalue weighted by Gasteiger charge is -2.48. The third-order valence-electron chi connectivity index (χ3n) is 15.3. The van der Waals surface area contributed by atoms with Crippen LogP contribution in [0.4, 0.5) is 28.7 Å². The first kappa shape index (κ1) is 45.0. The van der Waals surface area contributed by atoms with E-state index in [1.807, 2.05) is 36.5 Å². The highest BCUT2D eigenvalue weighted by Gasteiger charge is 2.40. The summed E-state index contributed by atoms with van der Waals surface area (Å²) in [5.74, 6) is 0.650. The zero-order chi connectivity index (χ0) is 47.5. The predicted molar refractivity (Wildman–Crippen MR) is 265 cm³/mol. The highest BCUT2D eigenvalue weighted by atomic mass is 32.1. The standard InChI is InChI=1S/C52H58N10O6S/c1-30-22-34(15-18-59(30)35-8-10-38-33(23-35)28-62(51(38)66)43-11-13-46(64)57-49(43)65)58-20-21-60(31(2)27-58)36-9-12-45(54-26-36)56-42-24-32(25-55-50(42)68-3)37-14-17-53-48(41(37)29-63)61-19-16-40-39-6-4-5-7-44(39)69-47(40)52(61)67/h8-10,12,14,17,23-26,30-31,34,43,63H,4-7,11,13,15-16,18-22,27-29H2,1-3H3,(H,54,56)(H,57,64,65)/t30-,31+,34?,43?/m1/s1. The molecule has 358 valence electrons. The molecular weight excluding hydrogens is 893 g/mol. The molecule has 6 aliphatic rings. The maximum atomic E-state index is 14.0. The fraction of sp³-hybridized carbons (Fsp3) is 0.442. The third-order valence-corrected chi connectivity index (χ3v) is 16.6. The van der Waals surface area contributed by atoms with Crippen molar-refractivity contribution in [2.45, 2.75) is 109 Å². The Bertz CT molecular complexity index is 2850. The molecule has 69 heavy (non-hydrogen) atoms. The van der Waals surface area contributed by atoms with Crippen molar-refractivity contribution in [2.75, 3.05) is 59.9 Å². The Morgan fingerprint density at radius 3 is 2.43 bits per heavy atom. The van der Waals surface area contributed by atoms with Gasteiger partial charge in [-0.25, -0.2) is 15.0 Å². The highest BCUT2D eigenvalue weighted by Crippen LogP contribution is 2.41. The predicted octanol–water partition coefficient (Wildman–Crippen LogP) is 6.26. The number of aryl methyl sites for hydroxylation is 1. The van der Waals surface area contributed by atoms with Gasteiger partial charge >= 0.3 is 0 Å². The van der Waals surface area contributed by atoms with Gasteiger partial charge in [0.15, 0.2) is 0 Å². The van der Waals surface area contributed by atoms with Gasteiger partial charge in [0.2, 0.25) is 17.7 Å². The zero-order valence-electron chi connectivity index (χ0n) is 39.4. The van der Waals surface area contributed by atoms with Crippen LogP contribution in [0.5, 0.6) is 5.88 Å². The van der Waals surface area contributed by atoms with E-state index in [9.17, 15) is 24.3 Å². The summed E-state index contributed by atoms with van der Waals surface area (Å²) in [6, 6.07) is 14.3. The number of nitrogens with zero attached hydrogens (tertiary/aromatic N) is 8. The maximum Gasteiger partial charge on any atom is 0.269 e. The monoisotopic (exact) mass is 950 g/mol. The number of thiophene rings is 1. The molecule has 9 heterocycles. The molecule has 4 aromatic heterocycles. The second-order valence-corrected chi connectivity index (χ2v) is 20.5. The van der Waals surface area contributed by atoms with Gasteiger partial charge in [0.1, 0.15) is 23.4 Å². The normalized spacial score (nSPS) is 22.9. The van der Waals surface area contributed by atoms with E-state index in [1.54, 1.807) is 40.6 Å². The molecule has 5 aliphatic heterocycles. The van der Waals surface area contributed by atoms with Crippen molar-refractivity contribution < 1.29 is 29.0 Å². The average molecular weight is 951 g/mol. The summed E-state index contributed by atoms with van der Waals surface area (Å²) < 4.78 is 5.68. The van der Waals surface area contributed by atoms with Gasteiger partial charge in [0.05, 0.1) is 30.5 Å². The fourth-order valence-electron chi connectivity index (χ4n) is 11.8. The van der Waals surface area contributed by atoms with Gasteiger partial charge in [-0.05, 0) is 130 Å². The lowest BCUT2D eigenvalue weighted by molar-refractivity contribution is -0.136. The Balaban J connectivity index is 0.721. The molecule has 4 amide bonds. The molecule has 4 atom stereocenters. The molecule has 0 bridgehead atoms. The minimum atomic E-state index is -0.619. The molecule has 0 radical (unpaired) electrons. The van der Waals surface area contributed by atoms with Crippen molar-refractivity contribution in [3.05, 3.63) is 98.6 Å². The van der Waals surface area contributed by atoms with Gasteiger partial charge in [-0.3, -0.25) is 34.3 Å². The van der Waals surface area contributed by atoms with E-state index in [0.717, 1.165) is 91.2 Å². The number of methoxy groups -OCH3 is 1. The smallest absolute Gasteiger partial charge is 0.269 e. The van der Waals surface area contributed by atoms with E-state index >= 15 is 0 Å². The second-order valence-electron chi connectivity index (χ2n) is 19.4. The van der Waals surface area contributed by atoms with Crippen molar-refractivity contribution >= 4 is 63.7 Å². The van der Waals surface area contributed by atoms with Crippen LogP contribution in [0, 0.1) is 0 Å². The van der Waals surface area contributed by atoms with Crippen molar-refractivity contribution in [1.82, 2.24) is 30.1 Å². The summed E-state index contributed by atoms with van der Waals surface area (Å²) in [5, 5.41) is 16.6. The highest BCUT2D eigenvalue weighted by molar-refractivity contribution is 7.14. The number of carbonyl (C=O) groups is 4. The van der Waals surface area contributed by atoms with Crippen LogP contribution in [0.15, 0.2) is 61.1 Å². The van der Waals surface area contributed by atoms with Crippen LogP contribution < -0.4 is 30.1 Å². The van der Waals surface area contributed by atoms with Gasteiger partial charge in [-0.15, -0.1) is 11.3 Å². The Morgan fingerprint density at radius 2 is 1.65 bits per heavy atom. The van der Waals surface area contributed by atoms with Crippen LogP contribution in [0.2, 0.25) is 0 Å². The topological polar surface area (TPSA) is 177 Å². The van der Waals surface area contributed by atoms with Gasteiger partial charge in [-0.2, -0.15) is 0 Å². The number of rotatable bonds is 10. The third kappa shape index (κ3) is 8.27. The Labute approximate surface area is 405 Å². The molecule has 3 fully saturated rings. The number of pyridine rings is 3. The maximum absolute atomic E-state index is 14.0. The van der Waals surface area contributed by atoms with Gasteiger partial charge in [0.25, 0.3) is 11.8 Å². The van der Waals surface area contributed by atoms with Crippen LogP contribution in [0.3, 0.4) is 0 Å². The Morgan fingerprint density at radius 1 is 0.812 bits per heavy atom. The van der Waals surface area contributed by atoms with Crippen molar-refractivity contribution in [1.29, 1.82) is 0 Å². The average Bonchev–Trinajstić information content (AvgIpc) is 3.91. The number of hydrogen-bond donors (Lipinski definition) is 3. The van der Waals surface area contributed by atoms with Crippen LogP contribution in [-0.2, 0) is 42.0 Å². The molecule has 3 saturated heterocycles. The lowest BCUT2D eigenvalue weighted by Crippen LogP contribution is -2.58. The number of fused-ring (bicyclic) bond motifs is 4. The van der Waals surface area contributed by atoms with E-state index in [0.29, 0.717) is 65.9 Å². The summed E-state index contributed by atoms with van der Waals surface area (Å²) >= 11 is 1.64. The number of piperazine rings is 1. The fourth-order valence-corrected chi connectivity index (χ4v) is 13.2. The molecular formula is C52H58N10O6S. The molecule has 3 N–H and O–H groups in total. The van der Waals surface area contributed by atoms with E-state index in [-0.39, 0.29) is 36.8 Å². The minimum Gasteiger partial charge on any atom is -0.480 e. The molecule has 2 unspecified atom stereocenters. The first-order valence-electron chi connectivity index (χ1n) is 24.4. The quantitative estimate of drug-likeness (QED) is 0.134. The van der Waals surface area contributed by atoms with E-state index in [4.69, 9.17) is 9.72 Å². The van der Waals surface area contributed by atoms with Crippen LogP contribution in [0.25, 0.3) is 11.1 Å². The summed E-state index contributed by atoms with van der Waals surface area (Å²) in [4.78, 5) is 78.8. The van der Waals surface area contributed by atoms with E-state index in [1.165, 1.54) is 28.8 Å². The molecule has 17 heteroatoms. The first-order valence-corrected chi connectivity index (χ1v) is 25.2. The van der Waals surface area contributed by atoms with Crippen molar-refractivity contribution in [3.8, 4) is 17.0 Å². The first-order chi connectivity index (χ1) is 33.6. The SMILES string of the molecule is COc1ncc(-c2ccnc(N3CCc4c(sc5c4CCCC5)C3=O)c2CO)cc1Nc1ccc(N2CCN(C3CCN(c4ccc5c(c4)CN(C4CCC(=O)NC4=O)C5=O)[C@H](C)C3)C[C@@H]2C)cn1. The molecule has 0 spiro atoms. The number of piperidine rings is 2. The van der Waals surface area contributed by atoms with Crippen LogP contribution in [-0.4, -0.2) is 117 Å². The Kier molecular flexibility index (Phi) is 12.1. The number of aliphatic hydroxyl groups is 1. The van der Waals surface area contributed by atoms with Crippen LogP contribution >= 0.6 is 11.3 Å². The summed E-state index contributed by atoms with van der Waals surface area (Å²) in [5.41, 5.74) is 8.99. The molecule has 0 saturated carbocycles. The van der Waals surface area contributed by atoms with Crippen molar-refractivity contribution in [2.24, 2.45) is 0 Å². The van der Waals surface area contributed by atoms with E-state index in [2.05, 4.69) is 61.3 Å². The van der Waals surface area contributed by atoms with Gasteiger partial charge in [0, 0.05) is 103 Å². The summed E-state index contributed by atoms with van der Waals surface area (Å²) in [6.07, 6.45) is 13.2. The van der Waals surface area contributed by atoms with Gasteiger partial charge in [-0.1, -0.05) is 0 Å². The zero-order valence-corrected chi connectivity index (χ0v) is 40.2. The number of hydrogen-bond acceptors (Lipinski definition) is 14. The summed E-state index contributed by atoms with van der Waals surface area (Å²) in [6.45, 7) is 8.85. The number of ether oxygens (including phenoxy) is 1. The van der Waals surface area contributed by atoms with E-state index < -0.39 is 11.9 Å². The second kappa shape index (κ2) is 18.5. The largest absolute Gasteiger partial charge is 0.480 e. The summed E-state index contributed by atoms with van der Waals surface area (Å²) in [7, 11) is 1.58. The number of amides is 4. The number of anilines is 5. The minimum absolute atomic E-state index is 0.0412. The Hall–Kier alpha value is -6.43. The molecule has 1 aliphatic carbocycles. The molecule has 11 rings (SSSR count). The molecule has 1 aromatic carbocycles. The number of carbonyl (C=O) groups excluding carboxylic acids is 4. The van der Waals surface area contributed by atoms with Gasteiger partial charge < -0.3 is 29.9 Å². The molecule has 16 nitrogen and oxygen atoms in total. The van der Waals surface area contributed by atoms with Crippen LogP contribution in [0.1, 0.15) is 99.5 Å². The number of aromatic nitrogens is 3. The number of nitrogens with one attached hydrogen (secondary N) is 2.